The van der Waals surface area contributed by atoms with Gasteiger partial charge in [-0.15, -0.1) is 0 Å². The zero-order valence-corrected chi connectivity index (χ0v) is 47.5. The summed E-state index contributed by atoms with van der Waals surface area (Å²) in [6, 6.07) is 30.5. The third kappa shape index (κ3) is 13.3. The number of rotatable bonds is 18. The summed E-state index contributed by atoms with van der Waals surface area (Å²) in [6.45, 7) is -1.09. The zero-order valence-electron chi connectivity index (χ0n) is 47.5. The normalized spacial score (nSPS) is 16.2. The van der Waals surface area contributed by atoms with E-state index in [0.717, 1.165) is 36.4 Å². The topological polar surface area (TPSA) is 221 Å². The maximum atomic E-state index is 15.6. The molecule has 4 atom stereocenters. The summed E-state index contributed by atoms with van der Waals surface area (Å²) in [4.78, 5) is 40.7. The van der Waals surface area contributed by atoms with Crippen LogP contribution < -0.4 is 9.47 Å². The van der Waals surface area contributed by atoms with Gasteiger partial charge in [0, 0.05) is 47.2 Å². The first-order chi connectivity index (χ1) is 44.2. The van der Waals surface area contributed by atoms with Crippen LogP contribution in [-0.4, -0.2) is 90.5 Å². The lowest BCUT2D eigenvalue weighted by molar-refractivity contribution is 0.0550. The van der Waals surface area contributed by atoms with Crippen LogP contribution in [0.3, 0.4) is 0 Å². The number of pyridine rings is 2. The highest BCUT2D eigenvalue weighted by atomic mass is 19.3. The Bertz CT molecular complexity index is 4300. The molecule has 0 amide bonds. The summed E-state index contributed by atoms with van der Waals surface area (Å²) in [5.41, 5.74) is 1.07. The van der Waals surface area contributed by atoms with Crippen molar-refractivity contribution in [3.8, 4) is 46.4 Å². The van der Waals surface area contributed by atoms with Gasteiger partial charge in [0.1, 0.15) is 59.8 Å². The zero-order chi connectivity index (χ0) is 65.1. The summed E-state index contributed by atoms with van der Waals surface area (Å²) in [5, 5.41) is 36.8. The van der Waals surface area contributed by atoms with E-state index in [-0.39, 0.29) is 154 Å². The van der Waals surface area contributed by atoms with Gasteiger partial charge < -0.3 is 38.3 Å². The van der Waals surface area contributed by atoms with E-state index in [0.29, 0.717) is 11.0 Å². The second kappa shape index (κ2) is 26.8. The van der Waals surface area contributed by atoms with Crippen molar-refractivity contribution in [2.24, 2.45) is 11.8 Å². The molecule has 468 valence electrons. The second-order valence-electron chi connectivity index (χ2n) is 21.4. The van der Waals surface area contributed by atoms with Gasteiger partial charge in [-0.1, -0.05) is 24.3 Å². The molecule has 4 aromatic heterocycles. The lowest BCUT2D eigenvalue weighted by Crippen LogP contribution is -2.25. The summed E-state index contributed by atoms with van der Waals surface area (Å²) >= 11 is 0. The first-order valence-electron chi connectivity index (χ1n) is 28.0. The molecule has 92 heavy (non-hydrogen) atoms. The molecule has 2 aliphatic heterocycles. The maximum absolute atomic E-state index is 15.6. The SMILES string of the molecule is N#Cc1ccc(COc2cccc(-c3cc(F)c(Cc4nc5ccc(C(=O)O)cc5n4[C@H]4COC[C@H]4C(F)F)cc3F)n2)c(F)c1.N#Cc1ccc(COc2cccc(-c3cc(F)c(Cc4nc5ccc(C(=O)O)cc5n4[C@H]4COC[C@H]4C(F)F)cc3F)n2)c(F)c1. The molecule has 2 saturated heterocycles. The van der Waals surface area contributed by atoms with Crippen LogP contribution in [0.2, 0.25) is 0 Å². The third-order valence-electron chi connectivity index (χ3n) is 15.6. The fourth-order valence-corrected chi connectivity index (χ4v) is 10.9. The highest BCUT2D eigenvalue weighted by Gasteiger charge is 2.40. The van der Waals surface area contributed by atoms with Crippen LogP contribution in [0.1, 0.15) is 77.8 Å². The van der Waals surface area contributed by atoms with E-state index in [9.17, 15) is 46.1 Å². The number of hydrogen-bond acceptors (Lipinski definition) is 12. The van der Waals surface area contributed by atoms with Crippen molar-refractivity contribution in [1.29, 1.82) is 10.5 Å². The number of carboxylic acids is 2. The second-order valence-corrected chi connectivity index (χ2v) is 21.4. The monoisotopic (exact) mass is 1270 g/mol. The fraction of sp³-hybridized carbons (Fsp3) is 0.212. The number of alkyl halides is 4. The fourth-order valence-electron chi connectivity index (χ4n) is 10.9. The van der Waals surface area contributed by atoms with Crippen LogP contribution in [0.5, 0.6) is 11.8 Å². The van der Waals surface area contributed by atoms with Gasteiger partial charge in [0.25, 0.3) is 0 Å². The number of aromatic nitrogens is 6. The first kappa shape index (κ1) is 62.9. The lowest BCUT2D eigenvalue weighted by Gasteiger charge is -2.22. The number of carboxylic acid groups (broad SMARTS) is 2. The first-order valence-corrected chi connectivity index (χ1v) is 28.0. The van der Waals surface area contributed by atoms with Gasteiger partial charge in [0.2, 0.25) is 24.6 Å². The molecule has 12 rings (SSSR count). The molecule has 0 bridgehead atoms. The lowest BCUT2D eigenvalue weighted by atomic mass is 10.0. The van der Waals surface area contributed by atoms with Gasteiger partial charge in [-0.25, -0.2) is 73.4 Å². The number of nitrogens with zero attached hydrogens (tertiary/aromatic N) is 8. The minimum absolute atomic E-state index is 0.0203. The van der Waals surface area contributed by atoms with E-state index >= 15 is 17.6 Å². The number of nitriles is 2. The number of fused-ring (bicyclic) bond motifs is 2. The molecule has 26 heteroatoms. The van der Waals surface area contributed by atoms with Crippen molar-refractivity contribution in [2.75, 3.05) is 26.4 Å². The Hall–Kier alpha value is -10.7. The van der Waals surface area contributed by atoms with Crippen molar-refractivity contribution in [3.63, 3.8) is 0 Å². The summed E-state index contributed by atoms with van der Waals surface area (Å²) in [5.74, 6) is -9.15. The van der Waals surface area contributed by atoms with E-state index in [1.165, 1.54) is 106 Å². The number of benzene rings is 6. The van der Waals surface area contributed by atoms with E-state index < -0.39 is 83.6 Å². The largest absolute Gasteiger partial charge is 0.478 e. The molecule has 6 heterocycles. The van der Waals surface area contributed by atoms with E-state index in [1.54, 1.807) is 0 Å². The average molecular weight is 1270 g/mol. The molecule has 0 unspecified atom stereocenters. The summed E-state index contributed by atoms with van der Waals surface area (Å²) in [6.07, 6.45) is -6.08. The van der Waals surface area contributed by atoms with Gasteiger partial charge >= 0.3 is 11.9 Å². The Morgan fingerprint density at radius 3 is 1.27 bits per heavy atom. The Morgan fingerprint density at radius 2 is 0.902 bits per heavy atom. The van der Waals surface area contributed by atoms with Crippen LogP contribution in [-0.2, 0) is 35.5 Å². The molecule has 2 fully saturated rings. The maximum Gasteiger partial charge on any atom is 0.335 e. The van der Waals surface area contributed by atoms with E-state index in [2.05, 4.69) is 19.9 Å². The molecule has 10 aromatic rings. The van der Waals surface area contributed by atoms with Crippen LogP contribution in [0, 0.1) is 69.4 Å². The Balaban J connectivity index is 0.000000188. The third-order valence-corrected chi connectivity index (χ3v) is 15.6. The highest BCUT2D eigenvalue weighted by molar-refractivity contribution is 5.93. The van der Waals surface area contributed by atoms with Crippen molar-refractivity contribution in [1.82, 2.24) is 29.1 Å². The predicted octanol–water partition coefficient (Wildman–Crippen LogP) is 13.4. The number of hydrogen-bond donors (Lipinski definition) is 2. The number of imidazole rings is 2. The molecular weight excluding hydrogens is 1220 g/mol. The number of halogens is 10. The molecule has 2 aliphatic rings. The number of carbonyl (C=O) groups is 2. The molecule has 6 aromatic carbocycles. The average Bonchev–Trinajstić information content (AvgIpc) is 1.62. The molecule has 16 nitrogen and oxygen atoms in total. The quantitative estimate of drug-likeness (QED) is 0.0764. The van der Waals surface area contributed by atoms with Gasteiger partial charge in [-0.2, -0.15) is 10.5 Å². The van der Waals surface area contributed by atoms with Gasteiger partial charge in [-0.05, 0) is 108 Å². The molecule has 0 saturated carbocycles. The van der Waals surface area contributed by atoms with Crippen molar-refractivity contribution >= 4 is 34.0 Å². The van der Waals surface area contributed by atoms with Gasteiger partial charge in [-0.3, -0.25) is 0 Å². The number of ether oxygens (including phenoxy) is 4. The molecule has 0 aliphatic carbocycles. The minimum atomic E-state index is -2.75. The minimum Gasteiger partial charge on any atom is -0.478 e. The Labute approximate surface area is 514 Å². The summed E-state index contributed by atoms with van der Waals surface area (Å²) < 4.78 is 171. The standard InChI is InChI=1S/2C33H23F5N4O4/c2*34-23-8-17(13-39)4-5-19(23)14-46-31-3-1-2-26(41-31)21-12-24(35)20(9-25(21)36)11-30-40-27-7-6-18(33(43)44)10-28(27)42(30)29-16-45-15-22(29)32(37)38/h2*1-10,12,22,29,32H,11,14-16H2,(H,43,44)/t2*22-,29+/m11/s1. The predicted molar refractivity (Wildman–Crippen MR) is 308 cm³/mol. The smallest absolute Gasteiger partial charge is 0.335 e. The van der Waals surface area contributed by atoms with Crippen molar-refractivity contribution in [2.45, 2.75) is 51.0 Å². The van der Waals surface area contributed by atoms with E-state index in [1.807, 2.05) is 12.1 Å². The van der Waals surface area contributed by atoms with Crippen LogP contribution in [0.4, 0.5) is 43.9 Å². The molecule has 0 spiro atoms. The van der Waals surface area contributed by atoms with E-state index in [4.69, 9.17) is 29.5 Å². The van der Waals surface area contributed by atoms with Crippen molar-refractivity contribution < 1.29 is 82.7 Å². The highest BCUT2D eigenvalue weighted by Crippen LogP contribution is 2.39. The Kier molecular flexibility index (Phi) is 18.3. The van der Waals surface area contributed by atoms with Crippen LogP contribution >= 0.6 is 0 Å². The number of aromatic carboxylic acids is 2. The molecule has 0 radical (unpaired) electrons. The van der Waals surface area contributed by atoms with Gasteiger partial charge in [0.05, 0.1) is 118 Å². The Morgan fingerprint density at radius 1 is 0.500 bits per heavy atom. The van der Waals surface area contributed by atoms with Crippen molar-refractivity contribution in [3.05, 3.63) is 225 Å². The van der Waals surface area contributed by atoms with Crippen LogP contribution in [0.15, 0.2) is 133 Å². The molecular formula is C66H46F10N8O8. The summed E-state index contributed by atoms with van der Waals surface area (Å²) in [7, 11) is 0. The van der Waals surface area contributed by atoms with Crippen LogP contribution in [0.25, 0.3) is 44.6 Å². The molecule has 2 N–H and O–H groups in total. The van der Waals surface area contributed by atoms with Gasteiger partial charge in [0.15, 0.2) is 0 Å².